The van der Waals surface area contributed by atoms with Gasteiger partial charge in [0.2, 0.25) is 0 Å². The minimum atomic E-state index is -0.934. The Hall–Kier alpha value is -1.81. The van der Waals surface area contributed by atoms with Crippen LogP contribution in [0, 0.1) is 12.7 Å². The smallest absolute Gasteiger partial charge is 0.335 e. The van der Waals surface area contributed by atoms with E-state index in [9.17, 15) is 9.18 Å². The van der Waals surface area contributed by atoms with Gasteiger partial charge in [-0.3, -0.25) is 0 Å². The van der Waals surface area contributed by atoms with Gasteiger partial charge in [-0.25, -0.2) is 9.18 Å². The quantitative estimate of drug-likeness (QED) is 0.909. The molecule has 0 spiro atoms. The third-order valence-electron chi connectivity index (χ3n) is 2.46. The Labute approximate surface area is 108 Å². The van der Waals surface area contributed by atoms with Crippen LogP contribution in [0.2, 0.25) is 0 Å². The van der Waals surface area contributed by atoms with Crippen molar-refractivity contribution in [1.29, 1.82) is 0 Å². The van der Waals surface area contributed by atoms with Crippen LogP contribution in [0.15, 0.2) is 52.3 Å². The first kappa shape index (κ1) is 12.6. The summed E-state index contributed by atoms with van der Waals surface area (Å²) in [5.74, 6) is -1.20. The van der Waals surface area contributed by atoms with Gasteiger partial charge in [0.15, 0.2) is 0 Å². The molecular formula is C14H11FO2S. The van der Waals surface area contributed by atoms with Crippen molar-refractivity contribution in [3.63, 3.8) is 0 Å². The number of carboxylic acid groups (broad SMARTS) is 1. The molecule has 2 aromatic rings. The Bertz CT molecular complexity index is 579. The highest BCUT2D eigenvalue weighted by atomic mass is 32.2. The molecule has 92 valence electrons. The number of carbonyl (C=O) groups is 1. The Morgan fingerprint density at radius 3 is 2.39 bits per heavy atom. The van der Waals surface area contributed by atoms with Crippen molar-refractivity contribution in [2.24, 2.45) is 0 Å². The van der Waals surface area contributed by atoms with Crippen LogP contribution in [0.5, 0.6) is 0 Å². The van der Waals surface area contributed by atoms with Crippen LogP contribution >= 0.6 is 11.8 Å². The summed E-state index contributed by atoms with van der Waals surface area (Å²) in [6.45, 7) is 1.86. The Kier molecular flexibility index (Phi) is 3.67. The predicted molar refractivity (Wildman–Crippen MR) is 68.7 cm³/mol. The van der Waals surface area contributed by atoms with Crippen LogP contribution in [0.1, 0.15) is 15.9 Å². The molecule has 2 rings (SSSR count). The van der Waals surface area contributed by atoms with Gasteiger partial charge in [-0.15, -0.1) is 0 Å². The Balaban J connectivity index is 2.24. The van der Waals surface area contributed by atoms with Crippen LogP contribution in [-0.4, -0.2) is 11.1 Å². The standard InChI is InChI=1S/C14H11FO2S/c1-9-8-10(14(16)17)2-7-13(9)18-12-5-3-11(15)4-6-12/h2-8H,1H3,(H,16,17). The van der Waals surface area contributed by atoms with E-state index in [2.05, 4.69) is 0 Å². The first-order valence-corrected chi connectivity index (χ1v) is 6.15. The number of hydrogen-bond donors (Lipinski definition) is 1. The highest BCUT2D eigenvalue weighted by Gasteiger charge is 2.06. The summed E-state index contributed by atoms with van der Waals surface area (Å²) < 4.78 is 12.8. The van der Waals surface area contributed by atoms with Crippen molar-refractivity contribution in [2.45, 2.75) is 16.7 Å². The zero-order valence-corrected chi connectivity index (χ0v) is 10.5. The Morgan fingerprint density at radius 2 is 1.83 bits per heavy atom. The third kappa shape index (κ3) is 2.90. The number of hydrogen-bond acceptors (Lipinski definition) is 2. The lowest BCUT2D eigenvalue weighted by atomic mass is 10.1. The molecule has 0 unspecified atom stereocenters. The van der Waals surface area contributed by atoms with E-state index in [0.29, 0.717) is 0 Å². The molecule has 0 amide bonds. The van der Waals surface area contributed by atoms with E-state index >= 15 is 0 Å². The molecule has 0 aliphatic rings. The summed E-state index contributed by atoms with van der Waals surface area (Å²) in [5, 5.41) is 8.87. The third-order valence-corrected chi connectivity index (χ3v) is 3.65. The van der Waals surface area contributed by atoms with Gasteiger partial charge in [-0.05, 0) is 55.0 Å². The summed E-state index contributed by atoms with van der Waals surface area (Å²) in [7, 11) is 0. The molecule has 0 bridgehead atoms. The van der Waals surface area contributed by atoms with E-state index in [1.807, 2.05) is 6.92 Å². The van der Waals surface area contributed by atoms with Gasteiger partial charge in [-0.1, -0.05) is 11.8 Å². The monoisotopic (exact) mass is 262 g/mol. The lowest BCUT2D eigenvalue weighted by molar-refractivity contribution is 0.0696. The minimum absolute atomic E-state index is 0.266. The van der Waals surface area contributed by atoms with Crippen molar-refractivity contribution in [1.82, 2.24) is 0 Å². The number of halogens is 1. The molecule has 2 aromatic carbocycles. The molecule has 18 heavy (non-hydrogen) atoms. The predicted octanol–water partition coefficient (Wildman–Crippen LogP) is 3.98. The number of aryl methyl sites for hydroxylation is 1. The number of carboxylic acids is 1. The van der Waals surface area contributed by atoms with Crippen molar-refractivity contribution in [3.8, 4) is 0 Å². The van der Waals surface area contributed by atoms with Gasteiger partial charge in [0.1, 0.15) is 5.82 Å². The second-order valence-electron chi connectivity index (χ2n) is 3.84. The van der Waals surface area contributed by atoms with Crippen LogP contribution in [0.25, 0.3) is 0 Å². The lowest BCUT2D eigenvalue weighted by Gasteiger charge is -2.06. The summed E-state index contributed by atoms with van der Waals surface area (Å²) in [4.78, 5) is 12.7. The lowest BCUT2D eigenvalue weighted by Crippen LogP contribution is -1.96. The molecule has 0 saturated carbocycles. The molecular weight excluding hydrogens is 251 g/mol. The maximum absolute atomic E-state index is 12.8. The van der Waals surface area contributed by atoms with Crippen LogP contribution < -0.4 is 0 Å². The first-order chi connectivity index (χ1) is 8.56. The van der Waals surface area contributed by atoms with Crippen LogP contribution in [-0.2, 0) is 0 Å². The van der Waals surface area contributed by atoms with Gasteiger partial charge >= 0.3 is 5.97 Å². The maximum atomic E-state index is 12.8. The van der Waals surface area contributed by atoms with Gasteiger partial charge in [0.25, 0.3) is 0 Å². The number of rotatable bonds is 3. The molecule has 0 fully saturated rings. The zero-order chi connectivity index (χ0) is 13.1. The highest BCUT2D eigenvalue weighted by molar-refractivity contribution is 7.99. The molecule has 0 aromatic heterocycles. The molecule has 0 radical (unpaired) electrons. The molecule has 0 heterocycles. The molecule has 0 saturated heterocycles. The largest absolute Gasteiger partial charge is 0.478 e. The summed E-state index contributed by atoms with van der Waals surface area (Å²) in [5.41, 5.74) is 1.17. The van der Waals surface area contributed by atoms with Crippen LogP contribution in [0.4, 0.5) is 4.39 Å². The normalized spacial score (nSPS) is 10.3. The number of aromatic carboxylic acids is 1. The summed E-state index contributed by atoms with van der Waals surface area (Å²) in [6.07, 6.45) is 0. The molecule has 1 N–H and O–H groups in total. The van der Waals surface area contributed by atoms with E-state index in [0.717, 1.165) is 15.4 Å². The molecule has 0 atom stereocenters. The van der Waals surface area contributed by atoms with Crippen molar-refractivity contribution in [2.75, 3.05) is 0 Å². The van der Waals surface area contributed by atoms with Crippen molar-refractivity contribution >= 4 is 17.7 Å². The zero-order valence-electron chi connectivity index (χ0n) is 9.68. The molecule has 4 heteroatoms. The first-order valence-electron chi connectivity index (χ1n) is 5.33. The molecule has 2 nitrogen and oxygen atoms in total. The fraction of sp³-hybridized carbons (Fsp3) is 0.0714. The van der Waals surface area contributed by atoms with E-state index < -0.39 is 5.97 Å². The summed E-state index contributed by atoms with van der Waals surface area (Å²) >= 11 is 1.48. The average molecular weight is 262 g/mol. The van der Waals surface area contributed by atoms with E-state index in [4.69, 9.17) is 5.11 Å². The second kappa shape index (κ2) is 5.23. The van der Waals surface area contributed by atoms with Gasteiger partial charge in [0, 0.05) is 9.79 Å². The van der Waals surface area contributed by atoms with E-state index in [-0.39, 0.29) is 11.4 Å². The average Bonchev–Trinajstić information content (AvgIpc) is 2.34. The van der Waals surface area contributed by atoms with Gasteiger partial charge in [-0.2, -0.15) is 0 Å². The van der Waals surface area contributed by atoms with Crippen LogP contribution in [0.3, 0.4) is 0 Å². The molecule has 0 aliphatic heterocycles. The second-order valence-corrected chi connectivity index (χ2v) is 4.96. The van der Waals surface area contributed by atoms with Crippen molar-refractivity contribution < 1.29 is 14.3 Å². The summed E-state index contributed by atoms with van der Waals surface area (Å²) in [6, 6.07) is 11.2. The highest BCUT2D eigenvalue weighted by Crippen LogP contribution is 2.30. The topological polar surface area (TPSA) is 37.3 Å². The SMILES string of the molecule is Cc1cc(C(=O)O)ccc1Sc1ccc(F)cc1. The molecule has 0 aliphatic carbocycles. The van der Waals surface area contributed by atoms with E-state index in [1.54, 1.807) is 30.3 Å². The van der Waals surface area contributed by atoms with Crippen molar-refractivity contribution in [3.05, 3.63) is 59.4 Å². The van der Waals surface area contributed by atoms with E-state index in [1.165, 1.54) is 23.9 Å². The fourth-order valence-electron chi connectivity index (χ4n) is 1.53. The Morgan fingerprint density at radius 1 is 1.17 bits per heavy atom. The van der Waals surface area contributed by atoms with Gasteiger partial charge in [0.05, 0.1) is 5.56 Å². The fourth-order valence-corrected chi connectivity index (χ4v) is 2.41. The minimum Gasteiger partial charge on any atom is -0.478 e. The maximum Gasteiger partial charge on any atom is 0.335 e. The number of benzene rings is 2. The van der Waals surface area contributed by atoms with Gasteiger partial charge < -0.3 is 5.11 Å².